The van der Waals surface area contributed by atoms with Crippen LogP contribution in [0.25, 0.3) is 22.2 Å². The average Bonchev–Trinajstić information content (AvgIpc) is 2.84. The number of amides is 1. The van der Waals surface area contributed by atoms with E-state index in [1.54, 1.807) is 0 Å². The highest BCUT2D eigenvalue weighted by Crippen LogP contribution is 2.34. The van der Waals surface area contributed by atoms with Crippen molar-refractivity contribution in [3.63, 3.8) is 0 Å². The van der Waals surface area contributed by atoms with Gasteiger partial charge in [0.25, 0.3) is 5.91 Å². The summed E-state index contributed by atoms with van der Waals surface area (Å²) in [5, 5.41) is 3.87. The van der Waals surface area contributed by atoms with Crippen LogP contribution < -0.4 is 5.32 Å². The van der Waals surface area contributed by atoms with Gasteiger partial charge in [-0.2, -0.15) is 0 Å². The predicted octanol–water partition coefficient (Wildman–Crippen LogP) is 7.20. The van der Waals surface area contributed by atoms with Crippen LogP contribution in [0.15, 0.2) is 84.9 Å². The van der Waals surface area contributed by atoms with Crippen LogP contribution >= 0.6 is 0 Å². The summed E-state index contributed by atoms with van der Waals surface area (Å²) in [5.74, 6) is 0.560. The van der Waals surface area contributed by atoms with Crippen LogP contribution in [0.5, 0.6) is 0 Å². The zero-order valence-corrected chi connectivity index (χ0v) is 17.6. The van der Waals surface area contributed by atoms with E-state index < -0.39 is 0 Å². The Morgan fingerprint density at radius 3 is 2.29 bits per heavy atom. The minimum absolute atomic E-state index is 0.120. The third kappa shape index (κ3) is 4.22. The lowest BCUT2D eigenvalue weighted by molar-refractivity contribution is 0.102. The summed E-state index contributed by atoms with van der Waals surface area (Å²) in [5.41, 5.74) is 5.54. The number of hydrogen-bond donors (Lipinski definition) is 1. The molecule has 1 aromatic heterocycles. The van der Waals surface area contributed by atoms with E-state index in [2.05, 4.69) is 29.6 Å². The van der Waals surface area contributed by atoms with Crippen LogP contribution in [0.1, 0.15) is 53.9 Å². The first kappa shape index (κ1) is 19.5. The van der Waals surface area contributed by atoms with Crippen molar-refractivity contribution in [2.45, 2.75) is 38.0 Å². The molecule has 1 heterocycles. The minimum atomic E-state index is -0.120. The molecule has 31 heavy (non-hydrogen) atoms. The zero-order valence-electron chi connectivity index (χ0n) is 17.6. The molecule has 3 aromatic carbocycles. The highest BCUT2D eigenvalue weighted by molar-refractivity contribution is 6.13. The number of rotatable bonds is 4. The second-order valence-electron chi connectivity index (χ2n) is 8.35. The molecule has 1 amide bonds. The summed E-state index contributed by atoms with van der Waals surface area (Å²) < 4.78 is 0. The first-order chi connectivity index (χ1) is 15.3. The Bertz CT molecular complexity index is 1190. The Balaban J connectivity index is 1.50. The maximum Gasteiger partial charge on any atom is 0.256 e. The number of para-hydroxylation sites is 2. The Labute approximate surface area is 183 Å². The van der Waals surface area contributed by atoms with E-state index in [0.717, 1.165) is 27.8 Å². The van der Waals surface area contributed by atoms with Crippen molar-refractivity contribution in [3.8, 4) is 11.3 Å². The summed E-state index contributed by atoms with van der Waals surface area (Å²) in [7, 11) is 0. The van der Waals surface area contributed by atoms with Gasteiger partial charge < -0.3 is 5.32 Å². The van der Waals surface area contributed by atoms with E-state index in [4.69, 9.17) is 4.98 Å². The topological polar surface area (TPSA) is 42.0 Å². The lowest BCUT2D eigenvalue weighted by atomic mass is 9.84. The molecular formula is C28H26N2O. The molecule has 0 bridgehead atoms. The van der Waals surface area contributed by atoms with Crippen molar-refractivity contribution in [2.75, 3.05) is 5.32 Å². The van der Waals surface area contributed by atoms with Gasteiger partial charge in [0, 0.05) is 16.6 Å². The number of nitrogens with zero attached hydrogens (tertiary/aromatic N) is 1. The predicted molar refractivity (Wildman–Crippen MR) is 127 cm³/mol. The maximum absolute atomic E-state index is 13.1. The summed E-state index contributed by atoms with van der Waals surface area (Å²) in [6.45, 7) is 0. The van der Waals surface area contributed by atoms with Crippen LogP contribution in [0.3, 0.4) is 0 Å². The molecule has 0 spiro atoms. The van der Waals surface area contributed by atoms with E-state index in [1.165, 1.54) is 37.7 Å². The van der Waals surface area contributed by atoms with Crippen molar-refractivity contribution in [2.24, 2.45) is 0 Å². The maximum atomic E-state index is 13.1. The quantitative estimate of drug-likeness (QED) is 0.389. The molecule has 0 saturated heterocycles. The van der Waals surface area contributed by atoms with Crippen molar-refractivity contribution in [3.05, 3.63) is 96.1 Å². The van der Waals surface area contributed by atoms with Crippen LogP contribution in [0.2, 0.25) is 0 Å². The van der Waals surface area contributed by atoms with Gasteiger partial charge in [0.05, 0.1) is 16.8 Å². The molecule has 154 valence electrons. The SMILES string of the molecule is O=C(Nc1ccccc1)c1cc(-c2ccc(C3CCCCC3)cc2)nc2ccccc12. The van der Waals surface area contributed by atoms with E-state index in [1.807, 2.05) is 60.7 Å². The fourth-order valence-electron chi connectivity index (χ4n) is 4.59. The number of aromatic nitrogens is 1. The van der Waals surface area contributed by atoms with Gasteiger partial charge in [-0.25, -0.2) is 4.98 Å². The number of nitrogens with one attached hydrogen (secondary N) is 1. The third-order valence-corrected chi connectivity index (χ3v) is 6.28. The fourth-order valence-corrected chi connectivity index (χ4v) is 4.59. The van der Waals surface area contributed by atoms with Crippen molar-refractivity contribution >= 4 is 22.5 Å². The molecule has 1 fully saturated rings. The van der Waals surface area contributed by atoms with E-state index >= 15 is 0 Å². The largest absolute Gasteiger partial charge is 0.322 e. The zero-order chi connectivity index (χ0) is 21.0. The summed E-state index contributed by atoms with van der Waals surface area (Å²) in [6, 6.07) is 28.1. The van der Waals surface area contributed by atoms with Gasteiger partial charge in [-0.3, -0.25) is 4.79 Å². The molecule has 5 rings (SSSR count). The van der Waals surface area contributed by atoms with Gasteiger partial charge in [-0.1, -0.05) is 79.9 Å². The molecule has 1 N–H and O–H groups in total. The number of anilines is 1. The molecule has 0 radical (unpaired) electrons. The molecule has 3 heteroatoms. The van der Waals surface area contributed by atoms with E-state index in [-0.39, 0.29) is 5.91 Å². The van der Waals surface area contributed by atoms with Crippen molar-refractivity contribution < 1.29 is 4.79 Å². The number of pyridine rings is 1. The Morgan fingerprint density at radius 2 is 1.52 bits per heavy atom. The van der Waals surface area contributed by atoms with Gasteiger partial charge in [-0.15, -0.1) is 0 Å². The summed E-state index contributed by atoms with van der Waals surface area (Å²) in [6.07, 6.45) is 6.61. The summed E-state index contributed by atoms with van der Waals surface area (Å²) in [4.78, 5) is 18.0. The number of carbonyl (C=O) groups excluding carboxylic acids is 1. The Hall–Kier alpha value is -3.46. The monoisotopic (exact) mass is 406 g/mol. The van der Waals surface area contributed by atoms with Crippen molar-refractivity contribution in [1.82, 2.24) is 4.98 Å². The molecule has 1 aliphatic carbocycles. The molecule has 0 aliphatic heterocycles. The number of benzene rings is 3. The number of fused-ring (bicyclic) bond motifs is 1. The molecule has 4 aromatic rings. The third-order valence-electron chi connectivity index (χ3n) is 6.28. The smallest absolute Gasteiger partial charge is 0.256 e. The van der Waals surface area contributed by atoms with Gasteiger partial charge >= 0.3 is 0 Å². The van der Waals surface area contributed by atoms with Crippen LogP contribution in [-0.2, 0) is 0 Å². The number of hydrogen-bond acceptors (Lipinski definition) is 2. The number of carbonyl (C=O) groups is 1. The molecule has 1 aliphatic rings. The molecule has 3 nitrogen and oxygen atoms in total. The van der Waals surface area contributed by atoms with Crippen LogP contribution in [-0.4, -0.2) is 10.9 Å². The van der Waals surface area contributed by atoms with Crippen LogP contribution in [0, 0.1) is 0 Å². The van der Waals surface area contributed by atoms with Gasteiger partial charge in [0.1, 0.15) is 0 Å². The van der Waals surface area contributed by atoms with E-state index in [9.17, 15) is 4.79 Å². The normalized spacial score (nSPS) is 14.5. The Kier molecular flexibility index (Phi) is 5.49. The highest BCUT2D eigenvalue weighted by Gasteiger charge is 2.17. The molecular weight excluding hydrogens is 380 g/mol. The molecule has 1 saturated carbocycles. The second kappa shape index (κ2) is 8.73. The first-order valence-electron chi connectivity index (χ1n) is 11.1. The van der Waals surface area contributed by atoms with Gasteiger partial charge in [-0.05, 0) is 48.6 Å². The van der Waals surface area contributed by atoms with Gasteiger partial charge in [0.15, 0.2) is 0 Å². The summed E-state index contributed by atoms with van der Waals surface area (Å²) >= 11 is 0. The second-order valence-corrected chi connectivity index (χ2v) is 8.35. The fraction of sp³-hybridized carbons (Fsp3) is 0.214. The Morgan fingerprint density at radius 1 is 0.806 bits per heavy atom. The van der Waals surface area contributed by atoms with Crippen molar-refractivity contribution in [1.29, 1.82) is 0 Å². The minimum Gasteiger partial charge on any atom is -0.322 e. The molecule has 0 atom stereocenters. The van der Waals surface area contributed by atoms with E-state index in [0.29, 0.717) is 11.5 Å². The van der Waals surface area contributed by atoms with Gasteiger partial charge in [0.2, 0.25) is 0 Å². The lowest BCUT2D eigenvalue weighted by Crippen LogP contribution is -2.13. The lowest BCUT2D eigenvalue weighted by Gasteiger charge is -2.22. The first-order valence-corrected chi connectivity index (χ1v) is 11.1. The molecule has 0 unspecified atom stereocenters. The highest BCUT2D eigenvalue weighted by atomic mass is 16.1. The average molecular weight is 407 g/mol. The van der Waals surface area contributed by atoms with Crippen LogP contribution in [0.4, 0.5) is 5.69 Å². The standard InChI is InChI=1S/C28H26N2O/c31-28(29-23-11-5-2-6-12-23)25-19-27(30-26-14-8-7-13-24(25)26)22-17-15-21(16-18-22)20-9-3-1-4-10-20/h2,5-8,11-20H,1,3-4,9-10H2,(H,29,31).